The number of carbonyl (C=O) groups is 2. The van der Waals surface area contributed by atoms with Gasteiger partial charge in [-0.05, 0) is 30.7 Å². The number of hydrogen-bond donors (Lipinski definition) is 1. The van der Waals surface area contributed by atoms with Crippen molar-refractivity contribution in [3.8, 4) is 0 Å². The topological polar surface area (TPSA) is 81.4 Å². The molecule has 1 aromatic carbocycles. The minimum atomic E-state index is -0.916. The van der Waals surface area contributed by atoms with Crippen LogP contribution < -0.4 is 5.32 Å². The molecule has 108 valence electrons. The fourth-order valence-corrected chi connectivity index (χ4v) is 2.34. The maximum Gasteiger partial charge on any atom is 0.339 e. The van der Waals surface area contributed by atoms with Crippen molar-refractivity contribution >= 4 is 29.3 Å². The van der Waals surface area contributed by atoms with E-state index in [0.717, 1.165) is 0 Å². The van der Waals surface area contributed by atoms with Crippen LogP contribution in [0.15, 0.2) is 28.8 Å². The van der Waals surface area contributed by atoms with Crippen LogP contribution in [0.1, 0.15) is 21.7 Å². The minimum Gasteiger partial charge on any atom is -0.448 e. The monoisotopic (exact) mass is 306 g/mol. The van der Waals surface area contributed by atoms with Crippen molar-refractivity contribution in [3.63, 3.8) is 0 Å². The van der Waals surface area contributed by atoms with Gasteiger partial charge in [0.25, 0.3) is 5.91 Å². The zero-order valence-electron chi connectivity index (χ0n) is 11.1. The number of fused-ring (bicyclic) bond motifs is 1. The Hall–Kier alpha value is -2.34. The predicted molar refractivity (Wildman–Crippen MR) is 74.2 cm³/mol. The molecule has 0 spiro atoms. The van der Waals surface area contributed by atoms with Crippen LogP contribution in [0.2, 0.25) is 5.02 Å². The van der Waals surface area contributed by atoms with E-state index in [4.69, 9.17) is 20.9 Å². The van der Waals surface area contributed by atoms with Gasteiger partial charge in [0.15, 0.2) is 11.9 Å². The summed E-state index contributed by atoms with van der Waals surface area (Å²) >= 11 is 5.91. The van der Waals surface area contributed by atoms with Gasteiger partial charge in [-0.3, -0.25) is 4.79 Å². The fraction of sp³-hybridized carbons (Fsp3) is 0.214. The predicted octanol–water partition coefficient (Wildman–Crippen LogP) is 2.36. The number of halogens is 1. The highest BCUT2D eigenvalue weighted by molar-refractivity contribution is 6.30. The number of amides is 1. The molecule has 0 aliphatic carbocycles. The van der Waals surface area contributed by atoms with Crippen LogP contribution in [-0.4, -0.2) is 23.1 Å². The Morgan fingerprint density at radius 2 is 2.24 bits per heavy atom. The largest absolute Gasteiger partial charge is 0.448 e. The smallest absolute Gasteiger partial charge is 0.339 e. The fourth-order valence-electron chi connectivity index (χ4n) is 2.14. The van der Waals surface area contributed by atoms with E-state index in [-0.39, 0.29) is 12.2 Å². The number of carbonyl (C=O) groups excluding carboxylic acids is 2. The SMILES string of the molecule is Cc1cc(NC(=O)C2Cc3cc(Cl)ccc3C(=O)O2)no1. The molecule has 7 heteroatoms. The van der Waals surface area contributed by atoms with Gasteiger partial charge in [-0.2, -0.15) is 0 Å². The second-order valence-electron chi connectivity index (χ2n) is 4.71. The first kappa shape index (κ1) is 13.6. The maximum absolute atomic E-state index is 12.1. The van der Waals surface area contributed by atoms with Crippen molar-refractivity contribution < 1.29 is 18.8 Å². The molecule has 21 heavy (non-hydrogen) atoms. The van der Waals surface area contributed by atoms with Crippen LogP contribution in [0.4, 0.5) is 5.82 Å². The van der Waals surface area contributed by atoms with Gasteiger partial charge in [0.2, 0.25) is 0 Å². The Morgan fingerprint density at radius 3 is 2.95 bits per heavy atom. The van der Waals surface area contributed by atoms with Gasteiger partial charge < -0.3 is 14.6 Å². The molecule has 1 aromatic heterocycles. The van der Waals surface area contributed by atoms with Gasteiger partial charge in [-0.1, -0.05) is 16.8 Å². The van der Waals surface area contributed by atoms with Gasteiger partial charge in [-0.15, -0.1) is 0 Å². The molecular formula is C14H11ClN2O4. The summed E-state index contributed by atoms with van der Waals surface area (Å²) in [7, 11) is 0. The lowest BCUT2D eigenvalue weighted by atomic mass is 9.98. The van der Waals surface area contributed by atoms with Crippen molar-refractivity contribution in [1.29, 1.82) is 0 Å². The van der Waals surface area contributed by atoms with Gasteiger partial charge in [-0.25, -0.2) is 4.79 Å². The summed E-state index contributed by atoms with van der Waals surface area (Å²) in [5, 5.41) is 6.71. The second kappa shape index (κ2) is 5.21. The molecule has 0 saturated heterocycles. The van der Waals surface area contributed by atoms with Crippen molar-refractivity contribution in [2.45, 2.75) is 19.4 Å². The lowest BCUT2D eigenvalue weighted by molar-refractivity contribution is -0.125. The first-order chi connectivity index (χ1) is 10.0. The number of aryl methyl sites for hydroxylation is 1. The van der Waals surface area contributed by atoms with Gasteiger partial charge in [0.05, 0.1) is 5.56 Å². The summed E-state index contributed by atoms with van der Waals surface area (Å²) in [6.45, 7) is 1.71. The number of hydrogen-bond acceptors (Lipinski definition) is 5. The molecule has 1 aliphatic heterocycles. The summed E-state index contributed by atoms with van der Waals surface area (Å²) in [5.74, 6) is -0.139. The normalized spacial score (nSPS) is 17.0. The van der Waals surface area contributed by atoms with Crippen LogP contribution in [0.3, 0.4) is 0 Å². The Labute approximate surface area is 125 Å². The molecule has 0 saturated carbocycles. The molecule has 6 nitrogen and oxygen atoms in total. The van der Waals surface area contributed by atoms with Crippen molar-refractivity contribution in [2.24, 2.45) is 0 Å². The van der Waals surface area contributed by atoms with Crippen LogP contribution in [-0.2, 0) is 16.0 Å². The lowest BCUT2D eigenvalue weighted by Crippen LogP contribution is -2.38. The molecule has 2 aromatic rings. The molecular weight excluding hydrogens is 296 g/mol. The summed E-state index contributed by atoms with van der Waals surface area (Å²) in [4.78, 5) is 24.0. The highest BCUT2D eigenvalue weighted by Gasteiger charge is 2.31. The molecule has 1 atom stereocenters. The number of nitrogens with one attached hydrogen (secondary N) is 1. The number of anilines is 1. The van der Waals surface area contributed by atoms with E-state index in [1.165, 1.54) is 0 Å². The Kier molecular flexibility index (Phi) is 3.39. The van der Waals surface area contributed by atoms with E-state index in [2.05, 4.69) is 10.5 Å². The molecule has 0 bridgehead atoms. The first-order valence-corrected chi connectivity index (χ1v) is 6.64. The molecule has 0 radical (unpaired) electrons. The summed E-state index contributed by atoms with van der Waals surface area (Å²) in [6.07, 6.45) is -0.648. The van der Waals surface area contributed by atoms with Crippen molar-refractivity contribution in [1.82, 2.24) is 5.16 Å². The third-order valence-corrected chi connectivity index (χ3v) is 3.35. The molecule has 1 amide bonds. The van der Waals surface area contributed by atoms with E-state index in [9.17, 15) is 9.59 Å². The van der Waals surface area contributed by atoms with Crippen LogP contribution in [0, 0.1) is 6.92 Å². The first-order valence-electron chi connectivity index (χ1n) is 6.26. The number of nitrogens with zero attached hydrogens (tertiary/aromatic N) is 1. The average molecular weight is 307 g/mol. The number of cyclic esters (lactones) is 1. The molecule has 2 heterocycles. The quantitative estimate of drug-likeness (QED) is 0.861. The number of rotatable bonds is 2. The highest BCUT2D eigenvalue weighted by atomic mass is 35.5. The zero-order chi connectivity index (χ0) is 15.0. The summed E-state index contributed by atoms with van der Waals surface area (Å²) < 4.78 is 10.00. The molecule has 1 unspecified atom stereocenters. The van der Waals surface area contributed by atoms with Gasteiger partial charge in [0, 0.05) is 17.5 Å². The molecule has 0 fully saturated rings. The van der Waals surface area contributed by atoms with Crippen LogP contribution >= 0.6 is 11.6 Å². The maximum atomic E-state index is 12.1. The van der Waals surface area contributed by atoms with Crippen LogP contribution in [0.5, 0.6) is 0 Å². The average Bonchev–Trinajstić information content (AvgIpc) is 2.83. The van der Waals surface area contributed by atoms with E-state index < -0.39 is 18.0 Å². The van der Waals surface area contributed by atoms with Crippen molar-refractivity contribution in [3.05, 3.63) is 46.2 Å². The Balaban J connectivity index is 1.78. The molecule has 1 aliphatic rings. The minimum absolute atomic E-state index is 0.268. The van der Waals surface area contributed by atoms with Gasteiger partial charge >= 0.3 is 5.97 Å². The third kappa shape index (κ3) is 2.75. The number of esters is 1. The standard InChI is InChI=1S/C14H11ClN2O4/c1-7-4-12(17-21-7)16-13(18)11-6-8-5-9(15)2-3-10(8)14(19)20-11/h2-5,11H,6H2,1H3,(H,16,17,18). The number of benzene rings is 1. The molecule has 1 N–H and O–H groups in total. The summed E-state index contributed by atoms with van der Waals surface area (Å²) in [5.41, 5.74) is 1.12. The Morgan fingerprint density at radius 1 is 1.43 bits per heavy atom. The highest BCUT2D eigenvalue weighted by Crippen LogP contribution is 2.24. The van der Waals surface area contributed by atoms with E-state index in [0.29, 0.717) is 21.9 Å². The van der Waals surface area contributed by atoms with E-state index in [1.54, 1.807) is 31.2 Å². The third-order valence-electron chi connectivity index (χ3n) is 3.11. The molecule has 3 rings (SSSR count). The second-order valence-corrected chi connectivity index (χ2v) is 5.15. The van der Waals surface area contributed by atoms with Crippen molar-refractivity contribution in [2.75, 3.05) is 5.32 Å². The van der Waals surface area contributed by atoms with E-state index >= 15 is 0 Å². The summed E-state index contributed by atoms with van der Waals surface area (Å²) in [6, 6.07) is 6.44. The Bertz CT molecular complexity index is 726. The number of ether oxygens (including phenoxy) is 1. The van der Waals surface area contributed by atoms with Crippen LogP contribution in [0.25, 0.3) is 0 Å². The van der Waals surface area contributed by atoms with Gasteiger partial charge in [0.1, 0.15) is 5.76 Å². The number of aromatic nitrogens is 1. The lowest BCUT2D eigenvalue weighted by Gasteiger charge is -2.23. The van der Waals surface area contributed by atoms with E-state index in [1.807, 2.05) is 0 Å². The zero-order valence-corrected chi connectivity index (χ0v) is 11.8.